The van der Waals surface area contributed by atoms with Gasteiger partial charge in [0.25, 0.3) is 0 Å². The minimum absolute atomic E-state index is 0.575. The Morgan fingerprint density at radius 1 is 1.36 bits per heavy atom. The third kappa shape index (κ3) is 3.57. The van der Waals surface area contributed by atoms with Crippen molar-refractivity contribution in [1.82, 2.24) is 15.3 Å². The van der Waals surface area contributed by atoms with E-state index in [0.29, 0.717) is 5.88 Å². The summed E-state index contributed by atoms with van der Waals surface area (Å²) in [6.45, 7) is 4.82. The van der Waals surface area contributed by atoms with Gasteiger partial charge in [0.2, 0.25) is 5.88 Å². The van der Waals surface area contributed by atoms with E-state index < -0.39 is 0 Å². The molecule has 1 rings (SSSR count). The molecule has 0 radical (unpaired) electrons. The highest BCUT2D eigenvalue weighted by molar-refractivity contribution is 5.36. The zero-order valence-corrected chi connectivity index (χ0v) is 8.58. The molecule has 1 heterocycles. The van der Waals surface area contributed by atoms with Gasteiger partial charge in [0.05, 0.1) is 7.11 Å². The summed E-state index contributed by atoms with van der Waals surface area (Å²) < 4.78 is 4.98. The second-order valence-electron chi connectivity index (χ2n) is 2.73. The second kappa shape index (κ2) is 6.15. The van der Waals surface area contributed by atoms with Gasteiger partial charge in [0.1, 0.15) is 12.1 Å². The molecule has 0 aliphatic heterocycles. The largest absolute Gasteiger partial charge is 0.481 e. The van der Waals surface area contributed by atoms with Crippen LogP contribution in [0.15, 0.2) is 12.4 Å². The predicted octanol–water partition coefficient (Wildman–Crippen LogP) is 0.507. The van der Waals surface area contributed by atoms with Gasteiger partial charge in [-0.3, -0.25) is 0 Å². The number of hydrogen-bond acceptors (Lipinski definition) is 5. The molecule has 0 spiro atoms. The van der Waals surface area contributed by atoms with Gasteiger partial charge in [-0.25, -0.2) is 9.97 Å². The molecule has 0 aliphatic carbocycles. The van der Waals surface area contributed by atoms with Crippen LogP contribution in [0.25, 0.3) is 0 Å². The van der Waals surface area contributed by atoms with E-state index in [0.717, 1.165) is 25.5 Å². The van der Waals surface area contributed by atoms with Gasteiger partial charge in [0, 0.05) is 19.2 Å². The highest BCUT2D eigenvalue weighted by Crippen LogP contribution is 2.08. The number of ether oxygens (including phenoxy) is 1. The maximum atomic E-state index is 4.98. The van der Waals surface area contributed by atoms with E-state index in [9.17, 15) is 0 Å². The number of methoxy groups -OCH3 is 1. The third-order valence-corrected chi connectivity index (χ3v) is 1.71. The van der Waals surface area contributed by atoms with Crippen molar-refractivity contribution in [3.05, 3.63) is 12.4 Å². The number of nitrogens with one attached hydrogen (secondary N) is 2. The summed E-state index contributed by atoms with van der Waals surface area (Å²) in [6, 6.07) is 1.77. The molecule has 0 fully saturated rings. The molecular formula is C9H16N4O. The Kier molecular flexibility index (Phi) is 4.71. The van der Waals surface area contributed by atoms with E-state index in [4.69, 9.17) is 4.74 Å². The summed E-state index contributed by atoms with van der Waals surface area (Å²) in [5.41, 5.74) is 0. The molecule has 5 nitrogen and oxygen atoms in total. The predicted molar refractivity (Wildman–Crippen MR) is 55.6 cm³/mol. The average Bonchev–Trinajstić information content (AvgIpc) is 2.25. The normalized spacial score (nSPS) is 9.86. The first-order chi connectivity index (χ1) is 6.86. The summed E-state index contributed by atoms with van der Waals surface area (Å²) in [5.74, 6) is 1.36. The molecule has 0 aromatic carbocycles. The monoisotopic (exact) mass is 196 g/mol. The lowest BCUT2D eigenvalue weighted by Gasteiger charge is -2.06. The second-order valence-corrected chi connectivity index (χ2v) is 2.73. The Labute approximate surface area is 83.9 Å². The third-order valence-electron chi connectivity index (χ3n) is 1.71. The van der Waals surface area contributed by atoms with Crippen LogP contribution in [0.1, 0.15) is 6.92 Å². The molecule has 78 valence electrons. The topological polar surface area (TPSA) is 59.1 Å². The van der Waals surface area contributed by atoms with Crippen molar-refractivity contribution in [2.45, 2.75) is 6.92 Å². The smallest absolute Gasteiger partial charge is 0.218 e. The van der Waals surface area contributed by atoms with Crippen LogP contribution in [0.5, 0.6) is 5.88 Å². The van der Waals surface area contributed by atoms with Gasteiger partial charge in [-0.05, 0) is 6.54 Å². The van der Waals surface area contributed by atoms with Crippen LogP contribution in [0.4, 0.5) is 5.82 Å². The van der Waals surface area contributed by atoms with E-state index in [1.165, 1.54) is 6.33 Å². The van der Waals surface area contributed by atoms with Gasteiger partial charge < -0.3 is 15.4 Å². The fourth-order valence-electron chi connectivity index (χ4n) is 1.00. The molecule has 1 aromatic rings. The summed E-state index contributed by atoms with van der Waals surface area (Å²) in [5, 5.41) is 6.37. The Morgan fingerprint density at radius 2 is 2.21 bits per heavy atom. The van der Waals surface area contributed by atoms with Crippen molar-refractivity contribution < 1.29 is 4.74 Å². The van der Waals surface area contributed by atoms with Crippen molar-refractivity contribution in [3.8, 4) is 5.88 Å². The molecule has 0 aliphatic rings. The van der Waals surface area contributed by atoms with Crippen LogP contribution in [-0.4, -0.2) is 36.7 Å². The Morgan fingerprint density at radius 3 is 2.93 bits per heavy atom. The number of aromatic nitrogens is 2. The fraction of sp³-hybridized carbons (Fsp3) is 0.556. The van der Waals surface area contributed by atoms with E-state index in [-0.39, 0.29) is 0 Å². The molecule has 0 amide bonds. The van der Waals surface area contributed by atoms with Crippen LogP contribution >= 0.6 is 0 Å². The van der Waals surface area contributed by atoms with E-state index in [2.05, 4.69) is 27.5 Å². The SMILES string of the molecule is CCNCCNc1cc(OC)ncn1. The molecule has 0 saturated heterocycles. The molecular weight excluding hydrogens is 180 g/mol. The summed E-state index contributed by atoms with van der Waals surface area (Å²) in [7, 11) is 1.59. The van der Waals surface area contributed by atoms with Crippen molar-refractivity contribution >= 4 is 5.82 Å². The fourth-order valence-corrected chi connectivity index (χ4v) is 1.00. The highest BCUT2D eigenvalue weighted by Gasteiger charge is 1.96. The Hall–Kier alpha value is -1.36. The molecule has 0 saturated carbocycles. The Balaban J connectivity index is 2.34. The molecule has 0 bridgehead atoms. The number of hydrogen-bond donors (Lipinski definition) is 2. The average molecular weight is 196 g/mol. The van der Waals surface area contributed by atoms with Crippen LogP contribution in [-0.2, 0) is 0 Å². The standard InChI is InChI=1S/C9H16N4O/c1-3-10-4-5-11-8-6-9(14-2)13-7-12-8/h6-7,10H,3-5H2,1-2H3,(H,11,12,13). The quantitative estimate of drug-likeness (QED) is 0.649. The van der Waals surface area contributed by atoms with Gasteiger partial charge in [-0.2, -0.15) is 0 Å². The van der Waals surface area contributed by atoms with Gasteiger partial charge in [-0.15, -0.1) is 0 Å². The molecule has 1 aromatic heterocycles. The van der Waals surface area contributed by atoms with E-state index >= 15 is 0 Å². The van der Waals surface area contributed by atoms with Crippen molar-refractivity contribution in [1.29, 1.82) is 0 Å². The lowest BCUT2D eigenvalue weighted by Crippen LogP contribution is -2.21. The maximum Gasteiger partial charge on any atom is 0.218 e. The number of anilines is 1. The minimum Gasteiger partial charge on any atom is -0.481 e. The Bertz CT molecular complexity index is 267. The number of likely N-dealkylation sites (N-methyl/N-ethyl adjacent to an activating group) is 1. The molecule has 5 heteroatoms. The van der Waals surface area contributed by atoms with Gasteiger partial charge in [-0.1, -0.05) is 6.92 Å². The maximum absolute atomic E-state index is 4.98. The summed E-state index contributed by atoms with van der Waals surface area (Å²) >= 11 is 0. The zero-order chi connectivity index (χ0) is 10.2. The van der Waals surface area contributed by atoms with E-state index in [1.807, 2.05) is 0 Å². The highest BCUT2D eigenvalue weighted by atomic mass is 16.5. The first-order valence-corrected chi connectivity index (χ1v) is 4.67. The molecule has 0 unspecified atom stereocenters. The molecule has 0 atom stereocenters. The molecule has 2 N–H and O–H groups in total. The van der Waals surface area contributed by atoms with Crippen LogP contribution in [0.3, 0.4) is 0 Å². The van der Waals surface area contributed by atoms with Crippen LogP contribution in [0, 0.1) is 0 Å². The van der Waals surface area contributed by atoms with Crippen molar-refractivity contribution in [2.24, 2.45) is 0 Å². The van der Waals surface area contributed by atoms with Crippen LogP contribution in [0.2, 0.25) is 0 Å². The zero-order valence-electron chi connectivity index (χ0n) is 8.58. The summed E-state index contributed by atoms with van der Waals surface area (Å²) in [6.07, 6.45) is 1.48. The van der Waals surface area contributed by atoms with Crippen molar-refractivity contribution in [2.75, 3.05) is 32.1 Å². The lowest BCUT2D eigenvalue weighted by molar-refractivity contribution is 0.397. The minimum atomic E-state index is 0.575. The first kappa shape index (κ1) is 10.7. The molecule has 14 heavy (non-hydrogen) atoms. The van der Waals surface area contributed by atoms with Crippen LogP contribution < -0.4 is 15.4 Å². The number of nitrogens with zero attached hydrogens (tertiary/aromatic N) is 2. The summed E-state index contributed by atoms with van der Waals surface area (Å²) in [4.78, 5) is 7.97. The van der Waals surface area contributed by atoms with Crippen molar-refractivity contribution in [3.63, 3.8) is 0 Å². The van der Waals surface area contributed by atoms with Gasteiger partial charge in [0.15, 0.2) is 0 Å². The van der Waals surface area contributed by atoms with Gasteiger partial charge >= 0.3 is 0 Å². The first-order valence-electron chi connectivity index (χ1n) is 4.67. The lowest BCUT2D eigenvalue weighted by atomic mass is 10.5. The number of rotatable bonds is 6. The van der Waals surface area contributed by atoms with E-state index in [1.54, 1.807) is 13.2 Å².